The summed E-state index contributed by atoms with van der Waals surface area (Å²) in [5, 5.41) is 23.3. The number of anilines is 2. The van der Waals surface area contributed by atoms with E-state index in [1.54, 1.807) is 18.2 Å². The predicted molar refractivity (Wildman–Crippen MR) is 133 cm³/mol. The molecule has 1 aromatic heterocycles. The van der Waals surface area contributed by atoms with Crippen molar-refractivity contribution in [2.75, 3.05) is 16.8 Å². The molecule has 0 atom stereocenters. The number of pyridine rings is 1. The van der Waals surface area contributed by atoms with E-state index in [1.807, 2.05) is 24.3 Å². The second-order valence-corrected chi connectivity index (χ2v) is 9.20. The van der Waals surface area contributed by atoms with Gasteiger partial charge in [0.25, 0.3) is 0 Å². The van der Waals surface area contributed by atoms with Crippen LogP contribution in [0.15, 0.2) is 47.5 Å². The molecule has 3 N–H and O–H groups in total. The van der Waals surface area contributed by atoms with E-state index in [2.05, 4.69) is 36.3 Å². The van der Waals surface area contributed by atoms with Gasteiger partial charge in [-0.05, 0) is 35.2 Å². The van der Waals surface area contributed by atoms with Crippen LogP contribution in [-0.4, -0.2) is 16.6 Å². The number of carbonyl (C=O) groups is 1. The van der Waals surface area contributed by atoms with Crippen molar-refractivity contribution in [2.45, 2.75) is 24.8 Å². The maximum Gasteiger partial charge on any atom is 0.234 e. The summed E-state index contributed by atoms with van der Waals surface area (Å²) >= 11 is 13.1. The summed E-state index contributed by atoms with van der Waals surface area (Å²) in [5.41, 5.74) is 8.97. The van der Waals surface area contributed by atoms with Gasteiger partial charge in [0.15, 0.2) is 0 Å². The Hall–Kier alpha value is -3.23. The number of nitrogens with zero attached hydrogens (tertiary/aromatic N) is 3. The average molecular weight is 496 g/mol. The van der Waals surface area contributed by atoms with Crippen molar-refractivity contribution in [2.24, 2.45) is 0 Å². The van der Waals surface area contributed by atoms with Crippen LogP contribution >= 0.6 is 35.0 Å². The van der Waals surface area contributed by atoms with Gasteiger partial charge in [-0.2, -0.15) is 10.5 Å². The van der Waals surface area contributed by atoms with Gasteiger partial charge in [-0.3, -0.25) is 4.79 Å². The number of halogens is 2. The lowest BCUT2D eigenvalue weighted by molar-refractivity contribution is -0.113. The molecule has 33 heavy (non-hydrogen) atoms. The van der Waals surface area contributed by atoms with E-state index >= 15 is 0 Å². The molecule has 3 rings (SSSR count). The van der Waals surface area contributed by atoms with Crippen LogP contribution < -0.4 is 11.1 Å². The van der Waals surface area contributed by atoms with Crippen LogP contribution in [0.25, 0.3) is 11.1 Å². The van der Waals surface area contributed by atoms with Crippen molar-refractivity contribution in [3.63, 3.8) is 0 Å². The summed E-state index contributed by atoms with van der Waals surface area (Å²) in [7, 11) is 0. The first-order chi connectivity index (χ1) is 15.7. The predicted octanol–water partition coefficient (Wildman–Crippen LogP) is 6.24. The molecule has 6 nitrogen and oxygen atoms in total. The fraction of sp³-hybridized carbons (Fsp3) is 0.167. The third-order valence-electron chi connectivity index (χ3n) is 4.82. The van der Waals surface area contributed by atoms with Crippen LogP contribution in [0.4, 0.5) is 11.5 Å². The average Bonchev–Trinajstić information content (AvgIpc) is 2.79. The second-order valence-electron chi connectivity index (χ2n) is 7.39. The number of nitrogens with one attached hydrogen (secondary N) is 1. The topological polar surface area (TPSA) is 116 Å². The van der Waals surface area contributed by atoms with Crippen molar-refractivity contribution in [3.8, 4) is 23.3 Å². The van der Waals surface area contributed by atoms with Crippen molar-refractivity contribution >= 4 is 52.4 Å². The number of rotatable bonds is 6. The summed E-state index contributed by atoms with van der Waals surface area (Å²) in [6.07, 6.45) is 0. The molecule has 0 fully saturated rings. The number of benzene rings is 2. The fourth-order valence-electron chi connectivity index (χ4n) is 3.14. The lowest BCUT2D eigenvalue weighted by atomic mass is 9.94. The molecule has 1 heterocycles. The highest BCUT2D eigenvalue weighted by Crippen LogP contribution is 2.36. The molecule has 0 radical (unpaired) electrons. The Balaban J connectivity index is 1.93. The molecule has 0 bridgehead atoms. The van der Waals surface area contributed by atoms with Crippen LogP contribution in [0.1, 0.15) is 36.5 Å². The Morgan fingerprint density at radius 3 is 2.39 bits per heavy atom. The van der Waals surface area contributed by atoms with Gasteiger partial charge in [-0.15, -0.1) is 0 Å². The van der Waals surface area contributed by atoms with Crippen molar-refractivity contribution in [1.82, 2.24) is 4.98 Å². The van der Waals surface area contributed by atoms with Gasteiger partial charge in [0.05, 0.1) is 22.0 Å². The number of carbonyl (C=O) groups excluding carboxylic acids is 1. The van der Waals surface area contributed by atoms with E-state index in [0.29, 0.717) is 32.8 Å². The number of amides is 1. The minimum absolute atomic E-state index is 0.000213. The summed E-state index contributed by atoms with van der Waals surface area (Å²) in [6.45, 7) is 4.16. The van der Waals surface area contributed by atoms with E-state index in [-0.39, 0.29) is 33.6 Å². The van der Waals surface area contributed by atoms with Gasteiger partial charge < -0.3 is 11.1 Å². The number of nitrogen functional groups attached to an aromatic ring is 1. The Labute approximate surface area is 206 Å². The molecule has 2 aromatic carbocycles. The van der Waals surface area contributed by atoms with E-state index in [0.717, 1.165) is 17.3 Å². The van der Waals surface area contributed by atoms with Crippen LogP contribution in [0.3, 0.4) is 0 Å². The first-order valence-corrected chi connectivity index (χ1v) is 11.6. The summed E-state index contributed by atoms with van der Waals surface area (Å²) in [5.74, 6) is -0.0763. The molecule has 0 spiro atoms. The number of thioether (sulfide) groups is 1. The number of nitrogens with two attached hydrogens (primary N) is 1. The molecule has 0 aliphatic carbocycles. The van der Waals surface area contributed by atoms with Gasteiger partial charge in [0.2, 0.25) is 5.91 Å². The van der Waals surface area contributed by atoms with Crippen molar-refractivity contribution in [1.29, 1.82) is 10.5 Å². The molecular formula is C24H19Cl2N5OS. The molecule has 0 unspecified atom stereocenters. The van der Waals surface area contributed by atoms with Gasteiger partial charge in [0, 0.05) is 10.6 Å². The molecule has 0 aliphatic heterocycles. The first-order valence-electron chi connectivity index (χ1n) is 9.86. The second kappa shape index (κ2) is 10.6. The zero-order valence-electron chi connectivity index (χ0n) is 17.8. The minimum Gasteiger partial charge on any atom is -0.383 e. The lowest BCUT2D eigenvalue weighted by Gasteiger charge is -2.14. The molecule has 0 saturated heterocycles. The highest BCUT2D eigenvalue weighted by Gasteiger charge is 2.21. The zero-order valence-corrected chi connectivity index (χ0v) is 20.1. The standard InChI is InChI=1S/C24H19Cl2N5OS/c1-13(2)14-3-5-15(6-4-14)22-17(10-27)23(29)31-24(18(22)11-28)33-12-21(32)30-20-9-16(25)7-8-19(20)26/h3-9,13H,12H2,1-2H3,(H2,29,31)(H,30,32). The van der Waals surface area contributed by atoms with E-state index in [1.165, 1.54) is 0 Å². The Kier molecular flexibility index (Phi) is 7.84. The SMILES string of the molecule is CC(C)c1ccc(-c2c(C#N)c(N)nc(SCC(=O)Nc3cc(Cl)ccc3Cl)c2C#N)cc1. The normalized spacial score (nSPS) is 10.5. The smallest absolute Gasteiger partial charge is 0.234 e. The van der Waals surface area contributed by atoms with Gasteiger partial charge in [-0.25, -0.2) is 4.98 Å². The van der Waals surface area contributed by atoms with E-state index in [9.17, 15) is 15.3 Å². The third-order valence-corrected chi connectivity index (χ3v) is 6.36. The van der Waals surface area contributed by atoms with Crippen LogP contribution in [0, 0.1) is 22.7 Å². The van der Waals surface area contributed by atoms with E-state index < -0.39 is 0 Å². The van der Waals surface area contributed by atoms with Crippen LogP contribution in [0.5, 0.6) is 0 Å². The molecule has 0 aliphatic rings. The maximum atomic E-state index is 12.5. The van der Waals surface area contributed by atoms with Gasteiger partial charge in [-0.1, -0.05) is 73.1 Å². The zero-order chi connectivity index (χ0) is 24.1. The molecule has 166 valence electrons. The Bertz CT molecular complexity index is 1290. The molecule has 0 saturated carbocycles. The summed E-state index contributed by atoms with van der Waals surface area (Å²) < 4.78 is 0. The minimum atomic E-state index is -0.361. The Morgan fingerprint density at radius 2 is 1.79 bits per heavy atom. The van der Waals surface area contributed by atoms with Crippen molar-refractivity contribution < 1.29 is 4.79 Å². The van der Waals surface area contributed by atoms with Crippen molar-refractivity contribution in [3.05, 3.63) is 69.2 Å². The lowest BCUT2D eigenvalue weighted by Crippen LogP contribution is -2.15. The Morgan fingerprint density at radius 1 is 1.12 bits per heavy atom. The number of hydrogen-bond acceptors (Lipinski definition) is 6. The number of nitriles is 2. The summed E-state index contributed by atoms with van der Waals surface area (Å²) in [4.78, 5) is 16.7. The largest absolute Gasteiger partial charge is 0.383 e. The van der Waals surface area contributed by atoms with Gasteiger partial charge in [0.1, 0.15) is 28.5 Å². The highest BCUT2D eigenvalue weighted by atomic mass is 35.5. The number of hydrogen-bond donors (Lipinski definition) is 2. The molecule has 9 heteroatoms. The quantitative estimate of drug-likeness (QED) is 0.391. The highest BCUT2D eigenvalue weighted by molar-refractivity contribution is 8.00. The fourth-order valence-corrected chi connectivity index (χ4v) is 4.27. The molecule has 3 aromatic rings. The first kappa shape index (κ1) is 24.4. The third kappa shape index (κ3) is 5.58. The van der Waals surface area contributed by atoms with E-state index in [4.69, 9.17) is 28.9 Å². The monoisotopic (exact) mass is 495 g/mol. The van der Waals surface area contributed by atoms with Crippen LogP contribution in [-0.2, 0) is 4.79 Å². The summed E-state index contributed by atoms with van der Waals surface area (Å²) in [6, 6.07) is 16.5. The maximum absolute atomic E-state index is 12.5. The van der Waals surface area contributed by atoms with Crippen LogP contribution in [0.2, 0.25) is 10.0 Å². The van der Waals surface area contributed by atoms with Gasteiger partial charge >= 0.3 is 0 Å². The molecule has 1 amide bonds. The number of aromatic nitrogens is 1. The molecular weight excluding hydrogens is 477 g/mol.